The Morgan fingerprint density at radius 1 is 1.24 bits per heavy atom. The standard InChI is InChI=1S/C18H21NO2/c1-12(13-5-3-6-14(11-13)21-2)19-17-10-9-16-15(17)7-4-8-18(16)20/h3-8,11-12,17,19-20H,9-10H2,1-2H3/t12-,17?/m1/s1. The Morgan fingerprint density at radius 2 is 2.05 bits per heavy atom. The summed E-state index contributed by atoms with van der Waals surface area (Å²) in [5.41, 5.74) is 3.53. The van der Waals surface area contributed by atoms with Crippen LogP contribution in [-0.4, -0.2) is 12.2 Å². The lowest BCUT2D eigenvalue weighted by Gasteiger charge is -2.21. The minimum Gasteiger partial charge on any atom is -0.508 e. The summed E-state index contributed by atoms with van der Waals surface area (Å²) in [7, 11) is 1.69. The molecule has 0 aliphatic heterocycles. The Labute approximate surface area is 125 Å². The van der Waals surface area contributed by atoms with Gasteiger partial charge in [0.1, 0.15) is 11.5 Å². The van der Waals surface area contributed by atoms with E-state index < -0.39 is 0 Å². The molecule has 0 saturated carbocycles. The lowest BCUT2D eigenvalue weighted by molar-refractivity contribution is 0.411. The summed E-state index contributed by atoms with van der Waals surface area (Å²) in [5.74, 6) is 1.30. The molecule has 2 aromatic carbocycles. The monoisotopic (exact) mass is 283 g/mol. The lowest BCUT2D eigenvalue weighted by Crippen LogP contribution is -2.23. The molecule has 3 rings (SSSR count). The molecule has 0 aromatic heterocycles. The Hall–Kier alpha value is -2.00. The third-order valence-electron chi connectivity index (χ3n) is 4.29. The number of ether oxygens (including phenoxy) is 1. The first kappa shape index (κ1) is 14.0. The second-order valence-electron chi connectivity index (χ2n) is 5.60. The fourth-order valence-electron chi connectivity index (χ4n) is 3.12. The number of methoxy groups -OCH3 is 1. The normalized spacial score (nSPS) is 18.3. The lowest BCUT2D eigenvalue weighted by atomic mass is 10.0. The SMILES string of the molecule is COc1cccc([C@@H](C)NC2CCc3c(O)cccc32)c1. The van der Waals surface area contributed by atoms with E-state index in [-0.39, 0.29) is 6.04 Å². The summed E-state index contributed by atoms with van der Waals surface area (Å²) < 4.78 is 5.29. The minimum atomic E-state index is 0.235. The Kier molecular flexibility index (Phi) is 3.84. The zero-order chi connectivity index (χ0) is 14.8. The van der Waals surface area contributed by atoms with Gasteiger partial charge in [-0.1, -0.05) is 24.3 Å². The van der Waals surface area contributed by atoms with Crippen LogP contribution in [0.25, 0.3) is 0 Å². The van der Waals surface area contributed by atoms with Gasteiger partial charge in [0, 0.05) is 12.1 Å². The van der Waals surface area contributed by atoms with Gasteiger partial charge in [-0.2, -0.15) is 0 Å². The molecule has 2 aromatic rings. The Bertz CT molecular complexity index is 639. The van der Waals surface area contributed by atoms with Gasteiger partial charge >= 0.3 is 0 Å². The zero-order valence-electron chi connectivity index (χ0n) is 12.5. The molecule has 0 heterocycles. The van der Waals surface area contributed by atoms with Crippen LogP contribution in [-0.2, 0) is 6.42 Å². The number of phenolic OH excluding ortho intramolecular Hbond substituents is 1. The van der Waals surface area contributed by atoms with Gasteiger partial charge in [0.25, 0.3) is 0 Å². The zero-order valence-corrected chi connectivity index (χ0v) is 12.5. The number of aromatic hydroxyl groups is 1. The van der Waals surface area contributed by atoms with Crippen molar-refractivity contribution in [1.82, 2.24) is 5.32 Å². The number of fused-ring (bicyclic) bond motifs is 1. The van der Waals surface area contributed by atoms with E-state index in [0.717, 1.165) is 24.2 Å². The summed E-state index contributed by atoms with van der Waals surface area (Å²) >= 11 is 0. The van der Waals surface area contributed by atoms with Crippen LogP contribution in [0.2, 0.25) is 0 Å². The molecule has 0 spiro atoms. The van der Waals surface area contributed by atoms with Crippen LogP contribution in [0.5, 0.6) is 11.5 Å². The highest BCUT2D eigenvalue weighted by atomic mass is 16.5. The van der Waals surface area contributed by atoms with Crippen LogP contribution in [0.15, 0.2) is 42.5 Å². The molecule has 1 aliphatic carbocycles. The Balaban J connectivity index is 1.77. The van der Waals surface area contributed by atoms with Gasteiger partial charge in [-0.25, -0.2) is 0 Å². The summed E-state index contributed by atoms with van der Waals surface area (Å²) in [6, 6.07) is 14.5. The first-order chi connectivity index (χ1) is 10.2. The molecule has 1 aliphatic rings. The quantitative estimate of drug-likeness (QED) is 0.898. The average molecular weight is 283 g/mol. The van der Waals surface area contributed by atoms with E-state index in [1.807, 2.05) is 18.2 Å². The van der Waals surface area contributed by atoms with Gasteiger partial charge in [0.15, 0.2) is 0 Å². The number of phenols is 1. The maximum Gasteiger partial charge on any atom is 0.119 e. The van der Waals surface area contributed by atoms with Crippen molar-refractivity contribution in [2.45, 2.75) is 31.8 Å². The first-order valence-corrected chi connectivity index (χ1v) is 7.40. The summed E-state index contributed by atoms with van der Waals surface area (Å²) in [6.07, 6.45) is 1.96. The summed E-state index contributed by atoms with van der Waals surface area (Å²) in [6.45, 7) is 2.16. The molecule has 1 unspecified atom stereocenters. The van der Waals surface area contributed by atoms with Crippen molar-refractivity contribution >= 4 is 0 Å². The van der Waals surface area contributed by atoms with E-state index in [9.17, 15) is 5.11 Å². The molecule has 3 heteroatoms. The van der Waals surface area contributed by atoms with E-state index >= 15 is 0 Å². The van der Waals surface area contributed by atoms with Crippen LogP contribution in [0.4, 0.5) is 0 Å². The minimum absolute atomic E-state index is 0.235. The van der Waals surface area contributed by atoms with Crippen molar-refractivity contribution in [1.29, 1.82) is 0 Å². The number of benzene rings is 2. The fourth-order valence-corrected chi connectivity index (χ4v) is 3.12. The van der Waals surface area contributed by atoms with Gasteiger partial charge < -0.3 is 15.2 Å². The number of hydrogen-bond acceptors (Lipinski definition) is 3. The second-order valence-corrected chi connectivity index (χ2v) is 5.60. The Morgan fingerprint density at radius 3 is 2.86 bits per heavy atom. The highest BCUT2D eigenvalue weighted by Gasteiger charge is 2.25. The molecule has 0 fully saturated rings. The highest BCUT2D eigenvalue weighted by Crippen LogP contribution is 2.37. The maximum absolute atomic E-state index is 9.92. The van der Waals surface area contributed by atoms with Crippen LogP contribution < -0.4 is 10.1 Å². The summed E-state index contributed by atoms with van der Waals surface area (Å²) in [5, 5.41) is 13.6. The van der Waals surface area contributed by atoms with Gasteiger partial charge in [-0.3, -0.25) is 0 Å². The molecule has 21 heavy (non-hydrogen) atoms. The molecule has 2 N–H and O–H groups in total. The van der Waals surface area contributed by atoms with Crippen molar-refractivity contribution < 1.29 is 9.84 Å². The van der Waals surface area contributed by atoms with Gasteiger partial charge in [0.2, 0.25) is 0 Å². The smallest absolute Gasteiger partial charge is 0.119 e. The molecule has 110 valence electrons. The van der Waals surface area contributed by atoms with Crippen molar-refractivity contribution in [3.8, 4) is 11.5 Å². The third kappa shape index (κ3) is 2.74. The number of rotatable bonds is 4. The molecule has 2 atom stereocenters. The largest absolute Gasteiger partial charge is 0.508 e. The molecule has 3 nitrogen and oxygen atoms in total. The predicted molar refractivity (Wildman–Crippen MR) is 83.7 cm³/mol. The van der Waals surface area contributed by atoms with Crippen molar-refractivity contribution in [2.75, 3.05) is 7.11 Å². The molecule has 0 radical (unpaired) electrons. The van der Waals surface area contributed by atoms with E-state index in [1.165, 1.54) is 11.1 Å². The first-order valence-electron chi connectivity index (χ1n) is 7.40. The predicted octanol–water partition coefficient (Wildman–Crippen LogP) is 3.74. The number of hydrogen-bond donors (Lipinski definition) is 2. The van der Waals surface area contributed by atoms with Gasteiger partial charge in [0.05, 0.1) is 7.11 Å². The van der Waals surface area contributed by atoms with Crippen molar-refractivity contribution in [2.24, 2.45) is 0 Å². The fraction of sp³-hybridized carbons (Fsp3) is 0.333. The maximum atomic E-state index is 9.92. The van der Waals surface area contributed by atoms with Crippen molar-refractivity contribution in [3.05, 3.63) is 59.2 Å². The van der Waals surface area contributed by atoms with E-state index in [4.69, 9.17) is 4.74 Å². The highest BCUT2D eigenvalue weighted by molar-refractivity contribution is 5.44. The van der Waals surface area contributed by atoms with Gasteiger partial charge in [-0.15, -0.1) is 0 Å². The van der Waals surface area contributed by atoms with E-state index in [1.54, 1.807) is 13.2 Å². The van der Waals surface area contributed by atoms with Gasteiger partial charge in [-0.05, 0) is 54.7 Å². The van der Waals surface area contributed by atoms with E-state index in [2.05, 4.69) is 30.4 Å². The molecular weight excluding hydrogens is 262 g/mol. The average Bonchev–Trinajstić information content (AvgIpc) is 2.92. The number of nitrogens with one attached hydrogen (secondary N) is 1. The third-order valence-corrected chi connectivity index (χ3v) is 4.29. The topological polar surface area (TPSA) is 41.5 Å². The van der Waals surface area contributed by atoms with Crippen LogP contribution >= 0.6 is 0 Å². The molecule has 0 saturated heterocycles. The van der Waals surface area contributed by atoms with Crippen LogP contribution in [0.3, 0.4) is 0 Å². The molecule has 0 bridgehead atoms. The van der Waals surface area contributed by atoms with Crippen LogP contribution in [0, 0.1) is 0 Å². The van der Waals surface area contributed by atoms with E-state index in [0.29, 0.717) is 11.8 Å². The summed E-state index contributed by atoms with van der Waals surface area (Å²) in [4.78, 5) is 0. The second kappa shape index (κ2) is 5.78. The van der Waals surface area contributed by atoms with Crippen molar-refractivity contribution in [3.63, 3.8) is 0 Å². The molecule has 0 amide bonds. The van der Waals surface area contributed by atoms with Crippen LogP contribution in [0.1, 0.15) is 42.1 Å². The molecular formula is C18H21NO2.